The zero-order chi connectivity index (χ0) is 31.1. The van der Waals surface area contributed by atoms with Gasteiger partial charge in [0.05, 0.1) is 12.5 Å². The van der Waals surface area contributed by atoms with Crippen LogP contribution in [0.2, 0.25) is 0 Å². The Morgan fingerprint density at radius 2 is 1.59 bits per heavy atom. The smallest absolute Gasteiger partial charge is 0.323 e. The van der Waals surface area contributed by atoms with E-state index in [4.69, 9.17) is 20.9 Å². The number of methoxy groups -OCH3 is 1. The summed E-state index contributed by atoms with van der Waals surface area (Å²) in [4.78, 5) is 40.3. The highest BCUT2D eigenvalue weighted by atomic mass is 35.5. The second-order valence-corrected chi connectivity index (χ2v) is 16.7. The molecule has 0 heterocycles. The number of esters is 2. The topological polar surface area (TPSA) is 122 Å². The molecule has 9 heteroatoms. The molecule has 0 saturated heterocycles. The van der Waals surface area contributed by atoms with Crippen molar-refractivity contribution in [3.8, 4) is 0 Å². The molecule has 0 amide bonds. The maximum Gasteiger partial charge on any atom is 0.323 e. The maximum atomic E-state index is 14.6. The van der Waals surface area contributed by atoms with Crippen LogP contribution < -0.4 is 11.5 Å². The van der Waals surface area contributed by atoms with E-state index in [0.29, 0.717) is 13.0 Å². The van der Waals surface area contributed by atoms with Crippen molar-refractivity contribution in [2.24, 2.45) is 61.7 Å². The highest BCUT2D eigenvalue weighted by Gasteiger charge is 2.70. The maximum absolute atomic E-state index is 14.6. The van der Waals surface area contributed by atoms with Crippen molar-refractivity contribution in [2.75, 3.05) is 13.7 Å². The summed E-state index contributed by atoms with van der Waals surface area (Å²) in [6.45, 7) is 16.4. The number of ketones is 1. The van der Waals surface area contributed by atoms with Gasteiger partial charge in [0, 0.05) is 11.3 Å². The van der Waals surface area contributed by atoms with E-state index >= 15 is 0 Å². The minimum absolute atomic E-state index is 0. The molecule has 0 aromatic heterocycles. The Labute approximate surface area is 277 Å². The summed E-state index contributed by atoms with van der Waals surface area (Å²) in [6, 6.07) is -0.699. The molecule has 0 unspecified atom stereocenters. The second kappa shape index (κ2) is 12.1. The van der Waals surface area contributed by atoms with Gasteiger partial charge in [0.1, 0.15) is 12.1 Å². The van der Waals surface area contributed by atoms with Gasteiger partial charge >= 0.3 is 11.9 Å². The van der Waals surface area contributed by atoms with Crippen LogP contribution in [0.5, 0.6) is 0 Å². The molecule has 252 valence electrons. The fourth-order valence-corrected chi connectivity index (χ4v) is 11.3. The quantitative estimate of drug-likeness (QED) is 0.321. The van der Waals surface area contributed by atoms with Gasteiger partial charge < -0.3 is 20.9 Å². The third kappa shape index (κ3) is 5.19. The number of halogens is 2. The van der Waals surface area contributed by atoms with Gasteiger partial charge in [0.15, 0.2) is 5.78 Å². The first kappa shape index (κ1) is 37.3. The van der Waals surface area contributed by atoms with Gasteiger partial charge in [-0.2, -0.15) is 0 Å². The van der Waals surface area contributed by atoms with E-state index in [1.54, 1.807) is 0 Å². The Balaban J connectivity index is 0.00000264. The molecule has 0 radical (unpaired) electrons. The lowest BCUT2D eigenvalue weighted by Crippen LogP contribution is -2.67. The van der Waals surface area contributed by atoms with Crippen molar-refractivity contribution < 1.29 is 23.9 Å². The summed E-state index contributed by atoms with van der Waals surface area (Å²) in [5, 5.41) is 0. The number of rotatable bonds is 5. The van der Waals surface area contributed by atoms with Crippen LogP contribution >= 0.6 is 24.8 Å². The Morgan fingerprint density at radius 1 is 0.955 bits per heavy atom. The number of hydrogen-bond donors (Lipinski definition) is 2. The highest BCUT2D eigenvalue weighted by Crippen LogP contribution is 2.75. The number of fused-ring (bicyclic) bond motifs is 7. The number of nitrogens with two attached hydrogens (primary N) is 2. The molecule has 4 fully saturated rings. The molecule has 5 aliphatic rings. The number of carbonyl (C=O) groups is 3. The predicted molar refractivity (Wildman–Crippen MR) is 177 cm³/mol. The van der Waals surface area contributed by atoms with Crippen molar-refractivity contribution in [1.29, 1.82) is 0 Å². The summed E-state index contributed by atoms with van der Waals surface area (Å²) in [6.07, 6.45) is 10.5. The number of hydrogen-bond acceptors (Lipinski definition) is 7. The molecular weight excluding hydrogens is 599 g/mol. The fourth-order valence-electron chi connectivity index (χ4n) is 11.3. The van der Waals surface area contributed by atoms with E-state index in [2.05, 4.69) is 54.5 Å². The summed E-state index contributed by atoms with van der Waals surface area (Å²) >= 11 is 0. The van der Waals surface area contributed by atoms with Crippen molar-refractivity contribution in [1.82, 2.24) is 0 Å². The minimum Gasteiger partial charge on any atom is -0.469 e. The normalized spacial score (nSPS) is 44.5. The van der Waals surface area contributed by atoms with Crippen molar-refractivity contribution in [2.45, 2.75) is 125 Å². The summed E-state index contributed by atoms with van der Waals surface area (Å²) in [5.41, 5.74) is 11.8. The van der Waals surface area contributed by atoms with Crippen LogP contribution in [0.25, 0.3) is 0 Å². The SMILES string of the molecule is COC(=O)[C@@]1(C)CC[C@]2(C)CC[C@]3(C)C(=CC(=O)[C@@H]4[C@@]5(C)CC[C@H](OC(=O)[C@@H](N)CCN)C(C)(C)[C@@H]5CC[C@]43C)[C@@H]2C1.Cl.Cl. The monoisotopic (exact) mass is 656 g/mol. The average Bonchev–Trinajstić information content (AvgIpc) is 2.92. The van der Waals surface area contributed by atoms with Crippen LogP contribution in [-0.2, 0) is 23.9 Å². The Kier molecular flexibility index (Phi) is 10.3. The molecular formula is C35H58Cl2N2O5. The van der Waals surface area contributed by atoms with E-state index in [-0.39, 0.29) is 93.5 Å². The van der Waals surface area contributed by atoms with Gasteiger partial charge in [0.2, 0.25) is 0 Å². The summed E-state index contributed by atoms with van der Waals surface area (Å²) in [7, 11) is 1.49. The molecule has 7 nitrogen and oxygen atoms in total. The van der Waals surface area contributed by atoms with Gasteiger partial charge in [-0.3, -0.25) is 14.4 Å². The molecule has 5 rings (SSSR count). The van der Waals surface area contributed by atoms with E-state index in [9.17, 15) is 14.4 Å². The van der Waals surface area contributed by atoms with Crippen molar-refractivity contribution >= 4 is 42.5 Å². The van der Waals surface area contributed by atoms with E-state index in [0.717, 1.165) is 57.8 Å². The first-order valence-electron chi connectivity index (χ1n) is 16.4. The lowest BCUT2D eigenvalue weighted by atomic mass is 9.33. The number of allylic oxidation sites excluding steroid dienone is 2. The van der Waals surface area contributed by atoms with Crippen LogP contribution in [0.1, 0.15) is 113 Å². The fraction of sp³-hybridized carbons (Fsp3) is 0.857. The highest BCUT2D eigenvalue weighted by molar-refractivity contribution is 5.95. The zero-order valence-corrected chi connectivity index (χ0v) is 29.9. The van der Waals surface area contributed by atoms with Gasteiger partial charge in [0.25, 0.3) is 0 Å². The second-order valence-electron chi connectivity index (χ2n) is 16.7. The average molecular weight is 658 g/mol. The first-order valence-corrected chi connectivity index (χ1v) is 16.4. The Hall–Kier alpha value is -1.15. The Bertz CT molecular complexity index is 1190. The van der Waals surface area contributed by atoms with Crippen LogP contribution in [0.3, 0.4) is 0 Å². The first-order chi connectivity index (χ1) is 19.4. The molecule has 44 heavy (non-hydrogen) atoms. The van der Waals surface area contributed by atoms with Crippen LogP contribution in [0, 0.1) is 50.2 Å². The molecule has 0 aliphatic heterocycles. The van der Waals surface area contributed by atoms with Crippen molar-refractivity contribution in [3.05, 3.63) is 11.6 Å². The molecule has 0 aromatic carbocycles. The van der Waals surface area contributed by atoms with Crippen LogP contribution in [0.15, 0.2) is 11.6 Å². The van der Waals surface area contributed by atoms with Gasteiger partial charge in [-0.05, 0) is 117 Å². The third-order valence-electron chi connectivity index (χ3n) is 14.2. The minimum atomic E-state index is -0.699. The molecule has 10 atom stereocenters. The number of carbonyl (C=O) groups excluding carboxylic acids is 3. The molecule has 0 aromatic rings. The van der Waals surface area contributed by atoms with Crippen LogP contribution in [-0.4, -0.2) is 43.5 Å². The lowest BCUT2D eigenvalue weighted by Gasteiger charge is -2.70. The molecule has 5 aliphatic carbocycles. The zero-order valence-electron chi connectivity index (χ0n) is 28.3. The number of ether oxygens (including phenoxy) is 2. The van der Waals surface area contributed by atoms with E-state index in [1.165, 1.54) is 12.7 Å². The van der Waals surface area contributed by atoms with Gasteiger partial charge in [-0.1, -0.05) is 47.1 Å². The summed E-state index contributed by atoms with van der Waals surface area (Å²) < 4.78 is 11.3. The lowest BCUT2D eigenvalue weighted by molar-refractivity contribution is -0.211. The molecule has 4 N–H and O–H groups in total. The molecule has 0 bridgehead atoms. The predicted octanol–water partition coefficient (Wildman–Crippen LogP) is 6.57. The largest absolute Gasteiger partial charge is 0.469 e. The molecule has 4 saturated carbocycles. The third-order valence-corrected chi connectivity index (χ3v) is 14.2. The summed E-state index contributed by atoms with van der Waals surface area (Å²) in [5.74, 6) is 0.129. The molecule has 0 spiro atoms. The van der Waals surface area contributed by atoms with Gasteiger partial charge in [-0.15, -0.1) is 24.8 Å². The van der Waals surface area contributed by atoms with E-state index < -0.39 is 11.5 Å². The Morgan fingerprint density at radius 3 is 2.20 bits per heavy atom. The van der Waals surface area contributed by atoms with Crippen LogP contribution in [0.4, 0.5) is 0 Å². The van der Waals surface area contributed by atoms with E-state index in [1.807, 2.05) is 0 Å². The van der Waals surface area contributed by atoms with Crippen molar-refractivity contribution in [3.63, 3.8) is 0 Å². The standard InChI is InChI=1S/C35H56N2O5.2ClH/c1-30(2)25-9-13-35(7)27(33(25,5)12-10-26(30)42-28(39)23(37)11-18-36)24(38)19-21-22-20-32(4,29(40)41-8)15-14-31(22,3)16-17-34(21,35)6;;/h19,22-23,25-27H,9-18,20,36-37H2,1-8H3;2*1H/t22-,23-,25-,26-,27+,31+,32-,33-,34+,35+;;/m0../s1. The van der Waals surface area contributed by atoms with Gasteiger partial charge in [-0.25, -0.2) is 0 Å².